The highest BCUT2D eigenvalue weighted by molar-refractivity contribution is 5.17. The minimum atomic E-state index is -0.208. The van der Waals surface area contributed by atoms with Crippen LogP contribution < -0.4 is 5.73 Å². The summed E-state index contributed by atoms with van der Waals surface area (Å²) < 4.78 is 18.2. The van der Waals surface area contributed by atoms with Gasteiger partial charge in [-0.25, -0.2) is 4.39 Å². The zero-order valence-electron chi connectivity index (χ0n) is 9.60. The number of nitrogens with two attached hydrogens (primary N) is 1. The van der Waals surface area contributed by atoms with Crippen LogP contribution >= 0.6 is 0 Å². The molecule has 1 aromatic carbocycles. The first-order valence-electron chi connectivity index (χ1n) is 5.76. The molecule has 1 atom stereocenters. The Labute approximate surface area is 100 Å². The molecule has 17 heavy (non-hydrogen) atoms. The van der Waals surface area contributed by atoms with Crippen molar-refractivity contribution in [1.29, 1.82) is 0 Å². The van der Waals surface area contributed by atoms with Crippen molar-refractivity contribution in [1.82, 2.24) is 0 Å². The van der Waals surface area contributed by atoms with Gasteiger partial charge in [-0.1, -0.05) is 12.1 Å². The van der Waals surface area contributed by atoms with Gasteiger partial charge in [0.05, 0.1) is 6.26 Å². The van der Waals surface area contributed by atoms with Crippen LogP contribution in [0.25, 0.3) is 0 Å². The van der Waals surface area contributed by atoms with Gasteiger partial charge in [0.2, 0.25) is 0 Å². The highest BCUT2D eigenvalue weighted by Gasteiger charge is 2.06. The van der Waals surface area contributed by atoms with Gasteiger partial charge in [0.1, 0.15) is 11.6 Å². The van der Waals surface area contributed by atoms with Gasteiger partial charge in [0.15, 0.2) is 0 Å². The summed E-state index contributed by atoms with van der Waals surface area (Å²) in [5, 5.41) is 0. The molecule has 0 saturated heterocycles. The number of aryl methyl sites for hydroxylation is 1. The number of hydrogen-bond acceptors (Lipinski definition) is 2. The lowest BCUT2D eigenvalue weighted by Gasteiger charge is -2.10. The standard InChI is InChI=1S/C14H16FNO/c15-12-4-1-3-11(9-12)10-13(16)6-7-14-5-2-8-17-14/h1-5,8-9,13H,6-7,10,16H2. The maximum atomic E-state index is 13.0. The molecule has 0 saturated carbocycles. The second kappa shape index (κ2) is 5.64. The molecule has 0 aliphatic carbocycles. The summed E-state index contributed by atoms with van der Waals surface area (Å²) in [6.07, 6.45) is 4.01. The molecular weight excluding hydrogens is 217 g/mol. The van der Waals surface area contributed by atoms with Gasteiger partial charge < -0.3 is 10.2 Å². The molecule has 0 fully saturated rings. The summed E-state index contributed by atoms with van der Waals surface area (Å²) in [7, 11) is 0. The van der Waals surface area contributed by atoms with E-state index in [0.717, 1.165) is 24.2 Å². The quantitative estimate of drug-likeness (QED) is 0.862. The first-order chi connectivity index (χ1) is 8.24. The third-order valence-electron chi connectivity index (χ3n) is 2.73. The summed E-state index contributed by atoms with van der Waals surface area (Å²) in [5.41, 5.74) is 6.95. The molecule has 90 valence electrons. The van der Waals surface area contributed by atoms with Gasteiger partial charge in [-0.2, -0.15) is 0 Å². The van der Waals surface area contributed by atoms with Gasteiger partial charge >= 0.3 is 0 Å². The first-order valence-corrected chi connectivity index (χ1v) is 5.76. The van der Waals surface area contributed by atoms with E-state index in [0.29, 0.717) is 6.42 Å². The van der Waals surface area contributed by atoms with Crippen molar-refractivity contribution in [3.05, 3.63) is 59.8 Å². The second-order valence-corrected chi connectivity index (χ2v) is 4.21. The fourth-order valence-corrected chi connectivity index (χ4v) is 1.85. The molecule has 0 spiro atoms. The molecule has 1 unspecified atom stereocenters. The van der Waals surface area contributed by atoms with Crippen LogP contribution in [0.3, 0.4) is 0 Å². The number of benzene rings is 1. The van der Waals surface area contributed by atoms with E-state index in [-0.39, 0.29) is 11.9 Å². The summed E-state index contributed by atoms with van der Waals surface area (Å²) in [5.74, 6) is 0.737. The van der Waals surface area contributed by atoms with Gasteiger partial charge in [-0.05, 0) is 42.7 Å². The molecule has 1 heterocycles. The smallest absolute Gasteiger partial charge is 0.123 e. The summed E-state index contributed by atoms with van der Waals surface area (Å²) in [6.45, 7) is 0. The number of furan rings is 1. The molecule has 0 aliphatic rings. The van der Waals surface area contributed by atoms with Crippen molar-refractivity contribution in [2.75, 3.05) is 0 Å². The number of hydrogen-bond donors (Lipinski definition) is 1. The summed E-state index contributed by atoms with van der Waals surface area (Å²) in [4.78, 5) is 0. The zero-order chi connectivity index (χ0) is 12.1. The van der Waals surface area contributed by atoms with E-state index in [9.17, 15) is 4.39 Å². The Morgan fingerprint density at radius 1 is 1.24 bits per heavy atom. The molecule has 2 nitrogen and oxygen atoms in total. The predicted molar refractivity (Wildman–Crippen MR) is 65.1 cm³/mol. The maximum Gasteiger partial charge on any atom is 0.123 e. The lowest BCUT2D eigenvalue weighted by atomic mass is 10.0. The van der Waals surface area contributed by atoms with E-state index in [2.05, 4.69) is 0 Å². The second-order valence-electron chi connectivity index (χ2n) is 4.21. The molecule has 2 rings (SSSR count). The Bertz CT molecular complexity index is 453. The molecule has 0 radical (unpaired) electrons. The van der Waals surface area contributed by atoms with Crippen LogP contribution in [0.2, 0.25) is 0 Å². The summed E-state index contributed by atoms with van der Waals surface area (Å²) in [6, 6.07) is 10.4. The Morgan fingerprint density at radius 3 is 2.82 bits per heavy atom. The minimum absolute atomic E-state index is 0.0295. The lowest BCUT2D eigenvalue weighted by molar-refractivity contribution is 0.483. The van der Waals surface area contributed by atoms with Crippen molar-refractivity contribution >= 4 is 0 Å². The average molecular weight is 233 g/mol. The van der Waals surface area contributed by atoms with Crippen LogP contribution in [0.5, 0.6) is 0 Å². The van der Waals surface area contributed by atoms with Crippen LogP contribution in [0.15, 0.2) is 47.1 Å². The SMILES string of the molecule is NC(CCc1ccco1)Cc1cccc(F)c1. The number of halogens is 1. The maximum absolute atomic E-state index is 13.0. The number of rotatable bonds is 5. The average Bonchev–Trinajstić information content (AvgIpc) is 2.79. The van der Waals surface area contributed by atoms with Crippen LogP contribution in [0, 0.1) is 5.82 Å². The van der Waals surface area contributed by atoms with Crippen LogP contribution in [0.4, 0.5) is 4.39 Å². The van der Waals surface area contributed by atoms with Crippen molar-refractivity contribution < 1.29 is 8.81 Å². The van der Waals surface area contributed by atoms with Crippen LogP contribution in [-0.2, 0) is 12.8 Å². The predicted octanol–water partition coefficient (Wildman–Crippen LogP) is 2.92. The van der Waals surface area contributed by atoms with Crippen molar-refractivity contribution in [2.45, 2.75) is 25.3 Å². The third-order valence-corrected chi connectivity index (χ3v) is 2.73. The van der Waals surface area contributed by atoms with Crippen LogP contribution in [-0.4, -0.2) is 6.04 Å². The molecule has 0 bridgehead atoms. The van der Waals surface area contributed by atoms with Gasteiger partial charge in [0, 0.05) is 12.5 Å². The summed E-state index contributed by atoms with van der Waals surface area (Å²) >= 11 is 0. The lowest BCUT2D eigenvalue weighted by Crippen LogP contribution is -2.23. The Hall–Kier alpha value is -1.61. The third kappa shape index (κ3) is 3.71. The highest BCUT2D eigenvalue weighted by Crippen LogP contribution is 2.10. The molecule has 2 aromatic rings. The van der Waals surface area contributed by atoms with Crippen molar-refractivity contribution in [2.24, 2.45) is 5.73 Å². The molecule has 3 heteroatoms. The van der Waals surface area contributed by atoms with E-state index in [1.807, 2.05) is 18.2 Å². The Balaban J connectivity index is 1.83. The molecule has 1 aromatic heterocycles. The highest BCUT2D eigenvalue weighted by atomic mass is 19.1. The normalized spacial score (nSPS) is 12.6. The molecule has 0 aliphatic heterocycles. The largest absolute Gasteiger partial charge is 0.469 e. The first kappa shape index (κ1) is 11.9. The van der Waals surface area contributed by atoms with Gasteiger partial charge in [-0.3, -0.25) is 0 Å². The minimum Gasteiger partial charge on any atom is -0.469 e. The van der Waals surface area contributed by atoms with E-state index in [4.69, 9.17) is 10.2 Å². The van der Waals surface area contributed by atoms with E-state index in [1.165, 1.54) is 12.1 Å². The monoisotopic (exact) mass is 233 g/mol. The fraction of sp³-hybridized carbons (Fsp3) is 0.286. The van der Waals surface area contributed by atoms with Crippen molar-refractivity contribution in [3.63, 3.8) is 0 Å². The van der Waals surface area contributed by atoms with Crippen molar-refractivity contribution in [3.8, 4) is 0 Å². The van der Waals surface area contributed by atoms with Crippen LogP contribution in [0.1, 0.15) is 17.7 Å². The van der Waals surface area contributed by atoms with E-state index >= 15 is 0 Å². The topological polar surface area (TPSA) is 39.2 Å². The Morgan fingerprint density at radius 2 is 2.12 bits per heavy atom. The molecule has 2 N–H and O–H groups in total. The Kier molecular flexibility index (Phi) is 3.94. The van der Waals surface area contributed by atoms with E-state index in [1.54, 1.807) is 12.3 Å². The van der Waals surface area contributed by atoms with E-state index < -0.39 is 0 Å². The van der Waals surface area contributed by atoms with Gasteiger partial charge in [0.25, 0.3) is 0 Å². The zero-order valence-corrected chi connectivity index (χ0v) is 9.60. The molecule has 0 amide bonds. The fourth-order valence-electron chi connectivity index (χ4n) is 1.85. The molecular formula is C14H16FNO. The van der Waals surface area contributed by atoms with Gasteiger partial charge in [-0.15, -0.1) is 0 Å².